The third-order valence-electron chi connectivity index (χ3n) is 16.0. The van der Waals surface area contributed by atoms with Gasteiger partial charge >= 0.3 is 0 Å². The molecular formula is C69H41NO. The van der Waals surface area contributed by atoms with Crippen LogP contribution >= 0.6 is 0 Å². The molecule has 16 rings (SSSR count). The van der Waals surface area contributed by atoms with Crippen LogP contribution in [-0.4, -0.2) is 0 Å². The second kappa shape index (κ2) is 14.4. The summed E-state index contributed by atoms with van der Waals surface area (Å²) in [7, 11) is 0. The summed E-state index contributed by atoms with van der Waals surface area (Å²) in [5.41, 5.74) is 16.9. The minimum Gasteiger partial charge on any atom is -0.455 e. The molecule has 0 fully saturated rings. The van der Waals surface area contributed by atoms with Crippen LogP contribution in [0.2, 0.25) is 0 Å². The SMILES string of the molecule is c1ccc2c(c1)-c1ccccc1C21c2ccccc2-c2cc(-c3cccc4c3oc3ccccc34)c(N(c3ccc4c5ccccc5c5ccccc5c4c3)c3cc4ccccc4c4ccccc34)cc21. The summed E-state index contributed by atoms with van der Waals surface area (Å²) in [6, 6.07) is 92.8. The Labute approximate surface area is 409 Å². The van der Waals surface area contributed by atoms with E-state index < -0.39 is 5.41 Å². The van der Waals surface area contributed by atoms with Gasteiger partial charge in [0.25, 0.3) is 0 Å². The van der Waals surface area contributed by atoms with Gasteiger partial charge in [0.15, 0.2) is 0 Å². The first kappa shape index (κ1) is 38.7. The monoisotopic (exact) mass is 899 g/mol. The van der Waals surface area contributed by atoms with Gasteiger partial charge in [0.1, 0.15) is 11.2 Å². The number of hydrogen-bond donors (Lipinski definition) is 0. The van der Waals surface area contributed by atoms with E-state index in [1.807, 2.05) is 0 Å². The molecule has 0 radical (unpaired) electrons. The molecule has 0 bridgehead atoms. The Morgan fingerprint density at radius 1 is 0.268 bits per heavy atom. The highest BCUT2D eigenvalue weighted by atomic mass is 16.3. The summed E-state index contributed by atoms with van der Waals surface area (Å²) >= 11 is 0. The Hall–Kier alpha value is -9.24. The van der Waals surface area contributed by atoms with E-state index in [4.69, 9.17) is 4.42 Å². The third-order valence-corrected chi connectivity index (χ3v) is 16.0. The van der Waals surface area contributed by atoms with Gasteiger partial charge in [-0.2, -0.15) is 0 Å². The fourth-order valence-corrected chi connectivity index (χ4v) is 13.1. The van der Waals surface area contributed by atoms with Crippen molar-refractivity contribution in [1.29, 1.82) is 0 Å². The minimum atomic E-state index is -0.562. The molecule has 2 aliphatic carbocycles. The van der Waals surface area contributed by atoms with E-state index >= 15 is 0 Å². The maximum Gasteiger partial charge on any atom is 0.143 e. The lowest BCUT2D eigenvalue weighted by Crippen LogP contribution is -2.26. The minimum absolute atomic E-state index is 0.562. The van der Waals surface area contributed by atoms with E-state index in [-0.39, 0.29) is 0 Å². The molecule has 1 heterocycles. The molecule has 0 saturated carbocycles. The maximum absolute atomic E-state index is 7.02. The first-order chi connectivity index (χ1) is 35.2. The van der Waals surface area contributed by atoms with E-state index in [9.17, 15) is 0 Å². The Balaban J connectivity index is 1.10. The lowest BCUT2D eigenvalue weighted by atomic mass is 9.70. The van der Waals surface area contributed by atoms with Crippen molar-refractivity contribution in [2.24, 2.45) is 0 Å². The Morgan fingerprint density at radius 2 is 0.746 bits per heavy atom. The number of anilines is 3. The predicted octanol–water partition coefficient (Wildman–Crippen LogP) is 18.8. The molecule has 2 aliphatic rings. The van der Waals surface area contributed by atoms with E-state index in [0.29, 0.717) is 0 Å². The van der Waals surface area contributed by atoms with Crippen LogP contribution in [-0.2, 0) is 5.41 Å². The summed E-state index contributed by atoms with van der Waals surface area (Å²) in [6.45, 7) is 0. The van der Waals surface area contributed by atoms with Gasteiger partial charge in [0, 0.05) is 33.0 Å². The molecule has 0 atom stereocenters. The van der Waals surface area contributed by atoms with Gasteiger partial charge in [-0.1, -0.05) is 212 Å². The van der Waals surface area contributed by atoms with Crippen molar-refractivity contribution < 1.29 is 4.42 Å². The molecule has 0 N–H and O–H groups in total. The van der Waals surface area contributed by atoms with Crippen LogP contribution in [0.1, 0.15) is 22.3 Å². The van der Waals surface area contributed by atoms with Crippen molar-refractivity contribution in [3.8, 4) is 33.4 Å². The summed E-state index contributed by atoms with van der Waals surface area (Å²) in [6.07, 6.45) is 0. The summed E-state index contributed by atoms with van der Waals surface area (Å²) in [5.74, 6) is 0. The first-order valence-electron chi connectivity index (χ1n) is 24.7. The lowest BCUT2D eigenvalue weighted by Gasteiger charge is -2.34. The number of fused-ring (bicyclic) bond motifs is 22. The van der Waals surface area contributed by atoms with Crippen molar-refractivity contribution in [2.45, 2.75) is 5.41 Å². The fourth-order valence-electron chi connectivity index (χ4n) is 13.1. The van der Waals surface area contributed by atoms with Crippen LogP contribution in [0, 0.1) is 0 Å². The molecule has 1 aromatic heterocycles. The van der Waals surface area contributed by atoms with Crippen molar-refractivity contribution in [3.63, 3.8) is 0 Å². The van der Waals surface area contributed by atoms with Crippen LogP contribution in [0.25, 0.3) is 109 Å². The number of furan rings is 1. The number of nitrogens with zero attached hydrogens (tertiary/aromatic N) is 1. The van der Waals surface area contributed by atoms with E-state index in [1.165, 1.54) is 98.4 Å². The molecule has 2 heteroatoms. The number of hydrogen-bond acceptors (Lipinski definition) is 2. The fraction of sp³-hybridized carbons (Fsp3) is 0.0145. The largest absolute Gasteiger partial charge is 0.455 e. The molecule has 13 aromatic carbocycles. The predicted molar refractivity (Wildman–Crippen MR) is 298 cm³/mol. The third kappa shape index (κ3) is 5.15. The summed E-state index contributed by atoms with van der Waals surface area (Å²) in [4.78, 5) is 2.58. The van der Waals surface area contributed by atoms with Crippen molar-refractivity contribution in [1.82, 2.24) is 0 Å². The molecule has 0 saturated heterocycles. The lowest BCUT2D eigenvalue weighted by molar-refractivity contribution is 0.670. The zero-order valence-corrected chi connectivity index (χ0v) is 38.5. The van der Waals surface area contributed by atoms with E-state index in [0.717, 1.165) is 50.1 Å². The van der Waals surface area contributed by atoms with E-state index in [1.54, 1.807) is 0 Å². The molecule has 0 unspecified atom stereocenters. The van der Waals surface area contributed by atoms with Crippen molar-refractivity contribution in [2.75, 3.05) is 4.90 Å². The zero-order chi connectivity index (χ0) is 46.4. The quantitative estimate of drug-likeness (QED) is 0.164. The smallest absolute Gasteiger partial charge is 0.143 e. The number of benzene rings is 13. The average molecular weight is 900 g/mol. The second-order valence-electron chi connectivity index (χ2n) is 19.4. The van der Waals surface area contributed by atoms with Gasteiger partial charge < -0.3 is 9.32 Å². The second-order valence-corrected chi connectivity index (χ2v) is 19.4. The van der Waals surface area contributed by atoms with Crippen LogP contribution < -0.4 is 4.90 Å². The van der Waals surface area contributed by atoms with Gasteiger partial charge in [-0.05, 0) is 129 Å². The first-order valence-corrected chi connectivity index (χ1v) is 24.7. The Morgan fingerprint density at radius 3 is 1.41 bits per heavy atom. The Kier molecular flexibility index (Phi) is 7.85. The summed E-state index contributed by atoms with van der Waals surface area (Å²) in [5, 5.41) is 14.5. The maximum atomic E-state index is 7.02. The molecule has 0 aliphatic heterocycles. The highest BCUT2D eigenvalue weighted by Gasteiger charge is 2.52. The molecule has 71 heavy (non-hydrogen) atoms. The van der Waals surface area contributed by atoms with Crippen LogP contribution in [0.4, 0.5) is 17.1 Å². The number of para-hydroxylation sites is 2. The molecule has 14 aromatic rings. The molecule has 2 nitrogen and oxygen atoms in total. The van der Waals surface area contributed by atoms with Crippen LogP contribution in [0.15, 0.2) is 253 Å². The molecule has 0 amide bonds. The zero-order valence-electron chi connectivity index (χ0n) is 38.5. The highest BCUT2D eigenvalue weighted by molar-refractivity contribution is 6.26. The molecular weight excluding hydrogens is 859 g/mol. The molecule has 1 spiro atoms. The van der Waals surface area contributed by atoms with Gasteiger partial charge in [-0.15, -0.1) is 0 Å². The Bertz CT molecular complexity index is 4530. The standard InChI is InChI=1S/C69H41NO/c1-2-19-44-42(18-1)38-65(54-28-8-7-20-45(44)54)70(43-36-37-50-48-23-4-3-21-46(48)47-22-5-6-24-49(47)58(50)39-43)66-41-64-59(40-60(66)57-31-17-30-56-55-29-12-16-35-67(55)71-68(56)57)53-27-11-15-34-63(53)69(64)61-32-13-9-25-51(61)52-26-10-14-33-62(52)69/h1-41H. The van der Waals surface area contributed by atoms with Crippen molar-refractivity contribution >= 4 is 92.9 Å². The molecule has 328 valence electrons. The highest BCUT2D eigenvalue weighted by Crippen LogP contribution is 2.64. The number of rotatable bonds is 4. The van der Waals surface area contributed by atoms with Gasteiger partial charge in [-0.25, -0.2) is 0 Å². The van der Waals surface area contributed by atoms with Crippen LogP contribution in [0.5, 0.6) is 0 Å². The van der Waals surface area contributed by atoms with Gasteiger partial charge in [0.2, 0.25) is 0 Å². The van der Waals surface area contributed by atoms with Gasteiger partial charge in [-0.3, -0.25) is 0 Å². The summed E-state index contributed by atoms with van der Waals surface area (Å²) < 4.78 is 7.02. The van der Waals surface area contributed by atoms with Crippen molar-refractivity contribution in [3.05, 3.63) is 271 Å². The van der Waals surface area contributed by atoms with E-state index in [2.05, 4.69) is 254 Å². The topological polar surface area (TPSA) is 16.4 Å². The van der Waals surface area contributed by atoms with Crippen LogP contribution in [0.3, 0.4) is 0 Å². The average Bonchev–Trinajstić information content (AvgIpc) is 4.08. The van der Waals surface area contributed by atoms with Gasteiger partial charge in [0.05, 0.1) is 16.8 Å². The normalized spacial score (nSPS) is 13.2.